The van der Waals surface area contributed by atoms with Gasteiger partial charge in [-0.05, 0) is 6.04 Å². The first-order chi connectivity index (χ1) is 9.83. The molecule has 0 aromatic heterocycles. The molecule has 5 heteroatoms. The van der Waals surface area contributed by atoms with Crippen LogP contribution in [0.5, 0.6) is 0 Å². The zero-order valence-corrected chi connectivity index (χ0v) is 15.0. The molecule has 1 rings (SSSR count). The summed E-state index contributed by atoms with van der Waals surface area (Å²) in [6.45, 7) is 12.7. The van der Waals surface area contributed by atoms with Crippen molar-refractivity contribution in [3.05, 3.63) is 12.2 Å². The van der Waals surface area contributed by atoms with Gasteiger partial charge >= 0.3 is 0 Å². The smallest absolute Gasteiger partial charge is 0.149 e. The predicted molar refractivity (Wildman–Crippen MR) is 87.1 cm³/mol. The lowest BCUT2D eigenvalue weighted by molar-refractivity contribution is -0.129. The lowest BCUT2D eigenvalue weighted by Crippen LogP contribution is -2.36. The van der Waals surface area contributed by atoms with E-state index in [-0.39, 0.29) is 24.0 Å². The Balaban J connectivity index is 2.18. The molecule has 0 aliphatic carbocycles. The van der Waals surface area contributed by atoms with Gasteiger partial charge in [-0.3, -0.25) is 0 Å². The molecule has 1 aliphatic heterocycles. The fraction of sp³-hybridized carbons (Fsp3) is 0.812. The third kappa shape index (κ3) is 7.36. The number of carbonyl (C=O) groups is 1. The molecule has 0 saturated carbocycles. The first-order valence-corrected chi connectivity index (χ1v) is 11.5. The molecule has 0 unspecified atom stereocenters. The third-order valence-corrected chi connectivity index (χ3v) is 5.38. The second kappa shape index (κ2) is 8.83. The summed E-state index contributed by atoms with van der Waals surface area (Å²) >= 11 is 0. The fourth-order valence-corrected chi connectivity index (χ4v) is 2.81. The molecule has 4 atom stereocenters. The van der Waals surface area contributed by atoms with E-state index in [0.29, 0.717) is 13.4 Å². The molecule has 0 aromatic carbocycles. The van der Waals surface area contributed by atoms with E-state index in [1.165, 1.54) is 0 Å². The van der Waals surface area contributed by atoms with Gasteiger partial charge in [0.1, 0.15) is 19.2 Å². The molecule has 122 valence electrons. The highest BCUT2D eigenvalue weighted by molar-refractivity contribution is 6.76. The van der Waals surface area contributed by atoms with Crippen LogP contribution in [0.1, 0.15) is 13.8 Å². The Morgan fingerprint density at radius 1 is 1.29 bits per heavy atom. The molecule has 0 amide bonds. The van der Waals surface area contributed by atoms with Crippen molar-refractivity contribution >= 4 is 14.4 Å². The highest BCUT2D eigenvalue weighted by atomic mass is 28.3. The lowest BCUT2D eigenvalue weighted by atomic mass is 9.96. The Labute approximate surface area is 129 Å². The van der Waals surface area contributed by atoms with Crippen molar-refractivity contribution in [2.45, 2.75) is 51.7 Å². The SMILES string of the molecule is C[C@H]1C=C[C@H]([C@@H](C)COCOCC[Si](C)(C)C)O[C@H]1C=O. The van der Waals surface area contributed by atoms with E-state index in [2.05, 4.69) is 26.6 Å². The van der Waals surface area contributed by atoms with Gasteiger partial charge < -0.3 is 19.0 Å². The highest BCUT2D eigenvalue weighted by Gasteiger charge is 2.27. The Morgan fingerprint density at radius 2 is 2.00 bits per heavy atom. The summed E-state index contributed by atoms with van der Waals surface area (Å²) in [4.78, 5) is 10.9. The van der Waals surface area contributed by atoms with Gasteiger partial charge in [0.25, 0.3) is 0 Å². The Bertz CT molecular complexity index is 338. The topological polar surface area (TPSA) is 44.8 Å². The third-order valence-electron chi connectivity index (χ3n) is 3.68. The summed E-state index contributed by atoms with van der Waals surface area (Å²) in [5.41, 5.74) is 0. The number of ether oxygens (including phenoxy) is 3. The number of hydrogen-bond acceptors (Lipinski definition) is 4. The molecule has 0 radical (unpaired) electrons. The van der Waals surface area contributed by atoms with Crippen LogP contribution >= 0.6 is 0 Å². The van der Waals surface area contributed by atoms with Crippen molar-refractivity contribution in [1.29, 1.82) is 0 Å². The second-order valence-electron chi connectivity index (χ2n) is 7.13. The van der Waals surface area contributed by atoms with Gasteiger partial charge in [0, 0.05) is 26.5 Å². The van der Waals surface area contributed by atoms with Crippen LogP contribution < -0.4 is 0 Å². The summed E-state index contributed by atoms with van der Waals surface area (Å²) < 4.78 is 16.8. The minimum absolute atomic E-state index is 0.0571. The standard InChI is InChI=1S/C16H30O4Si/c1-13-6-7-15(20-16(13)10-17)14(2)11-19-12-18-8-9-21(3,4)5/h6-7,10,13-16H,8-9,11-12H2,1-5H3/t13-,14-,15+,16-/m0/s1. The minimum Gasteiger partial charge on any atom is -0.362 e. The van der Waals surface area contributed by atoms with Crippen LogP contribution in [0.2, 0.25) is 25.7 Å². The summed E-state index contributed by atoms with van der Waals surface area (Å²) in [5, 5.41) is 0. The summed E-state index contributed by atoms with van der Waals surface area (Å²) in [6.07, 6.45) is 4.57. The van der Waals surface area contributed by atoms with Gasteiger partial charge in [-0.25, -0.2) is 0 Å². The maximum Gasteiger partial charge on any atom is 0.149 e. The molecule has 0 bridgehead atoms. The molecule has 0 saturated heterocycles. The lowest BCUT2D eigenvalue weighted by Gasteiger charge is -2.30. The van der Waals surface area contributed by atoms with Gasteiger partial charge in [-0.1, -0.05) is 45.6 Å². The molecule has 0 fully saturated rings. The van der Waals surface area contributed by atoms with E-state index in [1.54, 1.807) is 0 Å². The summed E-state index contributed by atoms with van der Waals surface area (Å²) in [5.74, 6) is 0.355. The van der Waals surface area contributed by atoms with Crippen LogP contribution in [-0.2, 0) is 19.0 Å². The van der Waals surface area contributed by atoms with Crippen molar-refractivity contribution < 1.29 is 19.0 Å². The van der Waals surface area contributed by atoms with Crippen LogP contribution in [0.15, 0.2) is 12.2 Å². The zero-order valence-electron chi connectivity index (χ0n) is 14.0. The molecule has 1 heterocycles. The highest BCUT2D eigenvalue weighted by Crippen LogP contribution is 2.22. The van der Waals surface area contributed by atoms with E-state index in [0.717, 1.165) is 18.9 Å². The average molecular weight is 314 g/mol. The quantitative estimate of drug-likeness (QED) is 0.216. The molecule has 0 N–H and O–H groups in total. The van der Waals surface area contributed by atoms with E-state index < -0.39 is 8.07 Å². The number of hydrogen-bond donors (Lipinski definition) is 0. The van der Waals surface area contributed by atoms with Crippen LogP contribution in [0.25, 0.3) is 0 Å². The summed E-state index contributed by atoms with van der Waals surface area (Å²) in [7, 11) is -1.03. The van der Waals surface area contributed by atoms with Crippen molar-refractivity contribution in [2.24, 2.45) is 11.8 Å². The van der Waals surface area contributed by atoms with Crippen LogP contribution in [-0.4, -0.2) is 46.6 Å². The first kappa shape index (κ1) is 18.6. The summed E-state index contributed by atoms with van der Waals surface area (Å²) in [6, 6.07) is 1.15. The number of carbonyl (C=O) groups excluding carboxylic acids is 1. The van der Waals surface area contributed by atoms with Crippen LogP contribution in [0.3, 0.4) is 0 Å². The van der Waals surface area contributed by atoms with Gasteiger partial charge in [0.2, 0.25) is 0 Å². The van der Waals surface area contributed by atoms with Crippen LogP contribution in [0.4, 0.5) is 0 Å². The second-order valence-corrected chi connectivity index (χ2v) is 12.8. The minimum atomic E-state index is -1.03. The van der Waals surface area contributed by atoms with E-state index in [1.807, 2.05) is 19.1 Å². The van der Waals surface area contributed by atoms with Gasteiger partial charge in [0.05, 0.1) is 12.7 Å². The van der Waals surface area contributed by atoms with Crippen molar-refractivity contribution in [3.8, 4) is 0 Å². The number of rotatable bonds is 9. The van der Waals surface area contributed by atoms with E-state index in [4.69, 9.17) is 14.2 Å². The first-order valence-electron chi connectivity index (χ1n) is 7.78. The van der Waals surface area contributed by atoms with Gasteiger partial charge in [0.15, 0.2) is 0 Å². The Hall–Kier alpha value is -0.493. The van der Waals surface area contributed by atoms with Crippen molar-refractivity contribution in [2.75, 3.05) is 20.0 Å². The number of aldehydes is 1. The molecule has 0 aromatic rings. The maximum absolute atomic E-state index is 10.9. The zero-order chi connectivity index (χ0) is 15.9. The predicted octanol–water partition coefficient (Wildman–Crippen LogP) is 3.11. The molecule has 0 spiro atoms. The molecule has 1 aliphatic rings. The Kier molecular flexibility index (Phi) is 7.80. The monoisotopic (exact) mass is 314 g/mol. The molecular formula is C16H30O4Si. The molecule has 21 heavy (non-hydrogen) atoms. The molecule has 4 nitrogen and oxygen atoms in total. The largest absolute Gasteiger partial charge is 0.362 e. The van der Waals surface area contributed by atoms with E-state index in [9.17, 15) is 4.79 Å². The van der Waals surface area contributed by atoms with E-state index >= 15 is 0 Å². The van der Waals surface area contributed by atoms with Gasteiger partial charge in [-0.15, -0.1) is 0 Å². The Morgan fingerprint density at radius 3 is 2.62 bits per heavy atom. The van der Waals surface area contributed by atoms with Crippen molar-refractivity contribution in [3.63, 3.8) is 0 Å². The average Bonchev–Trinajstić information content (AvgIpc) is 2.41. The fourth-order valence-electron chi connectivity index (χ4n) is 2.05. The normalized spacial score (nSPS) is 27.6. The molecular weight excluding hydrogens is 284 g/mol. The maximum atomic E-state index is 10.9. The van der Waals surface area contributed by atoms with Gasteiger partial charge in [-0.2, -0.15) is 0 Å². The van der Waals surface area contributed by atoms with Crippen LogP contribution in [0, 0.1) is 11.8 Å². The van der Waals surface area contributed by atoms with Crippen molar-refractivity contribution in [1.82, 2.24) is 0 Å².